The van der Waals surface area contributed by atoms with Crippen LogP contribution in [0, 0.1) is 0 Å². The summed E-state index contributed by atoms with van der Waals surface area (Å²) in [5.74, 6) is 0.991. The Morgan fingerprint density at radius 1 is 1.29 bits per heavy atom. The molecule has 94 valence electrons. The maximum absolute atomic E-state index is 5.96. The molecule has 6 heteroatoms. The highest BCUT2D eigenvalue weighted by molar-refractivity contribution is 7.97. The summed E-state index contributed by atoms with van der Waals surface area (Å²) in [5.41, 5.74) is 0.389. The number of hydrogen-bond acceptors (Lipinski definition) is 4. The van der Waals surface area contributed by atoms with Crippen LogP contribution in [0.15, 0.2) is 12.4 Å². The molecule has 0 atom stereocenters. The molecule has 0 spiro atoms. The molecule has 0 aromatic carbocycles. The SMILES string of the molecule is CCSn1cc(B2OC(C)(C)C(C)(C)O2)cn1. The number of hydrogen-bond donors (Lipinski definition) is 0. The number of rotatable bonds is 3. The standard InChI is InChI=1S/C11H19BN2O2S/c1-6-17-14-8-9(7-13-14)12-15-10(2,3)11(4,5)16-12/h7-8H,6H2,1-5H3. The zero-order valence-electron chi connectivity index (χ0n) is 11.1. The second-order valence-corrected chi connectivity index (χ2v) is 6.39. The predicted molar refractivity (Wildman–Crippen MR) is 71.5 cm³/mol. The van der Waals surface area contributed by atoms with E-state index in [0.717, 1.165) is 11.2 Å². The van der Waals surface area contributed by atoms with Crippen molar-refractivity contribution >= 4 is 24.5 Å². The third-order valence-corrected chi connectivity index (χ3v) is 4.09. The second-order valence-electron chi connectivity index (χ2n) is 5.18. The highest BCUT2D eigenvalue weighted by atomic mass is 32.2. The zero-order valence-corrected chi connectivity index (χ0v) is 11.9. The Morgan fingerprint density at radius 3 is 2.41 bits per heavy atom. The van der Waals surface area contributed by atoms with Gasteiger partial charge in [-0.3, -0.25) is 0 Å². The molecule has 1 aliphatic heterocycles. The van der Waals surface area contributed by atoms with Crippen molar-refractivity contribution in [2.75, 3.05) is 5.75 Å². The molecule has 0 aliphatic carbocycles. The Morgan fingerprint density at radius 2 is 1.88 bits per heavy atom. The minimum Gasteiger partial charge on any atom is -0.399 e. The van der Waals surface area contributed by atoms with E-state index in [1.807, 2.05) is 16.5 Å². The van der Waals surface area contributed by atoms with Gasteiger partial charge < -0.3 is 9.31 Å². The first kappa shape index (κ1) is 13.0. The van der Waals surface area contributed by atoms with Crippen molar-refractivity contribution in [1.82, 2.24) is 9.19 Å². The van der Waals surface area contributed by atoms with Gasteiger partial charge in [-0.25, -0.2) is 4.09 Å². The van der Waals surface area contributed by atoms with Crippen LogP contribution < -0.4 is 5.46 Å². The second kappa shape index (κ2) is 4.33. The summed E-state index contributed by atoms with van der Waals surface area (Å²) >= 11 is 1.65. The highest BCUT2D eigenvalue weighted by Gasteiger charge is 2.52. The minimum absolute atomic E-state index is 0.294. The fraction of sp³-hybridized carbons (Fsp3) is 0.727. The summed E-state index contributed by atoms with van der Waals surface area (Å²) in [4.78, 5) is 0. The molecule has 0 N–H and O–H groups in total. The fourth-order valence-corrected chi connectivity index (χ4v) is 2.20. The average Bonchev–Trinajstić information content (AvgIpc) is 2.71. The Hall–Kier alpha value is -0.455. The first-order valence-corrected chi connectivity index (χ1v) is 6.83. The predicted octanol–water partition coefficient (Wildman–Crippen LogP) is 1.70. The van der Waals surface area contributed by atoms with E-state index in [0.29, 0.717) is 0 Å². The van der Waals surface area contributed by atoms with E-state index < -0.39 is 0 Å². The van der Waals surface area contributed by atoms with Gasteiger partial charge in [0.05, 0.1) is 11.2 Å². The molecule has 2 rings (SSSR count). The fourth-order valence-electron chi connectivity index (χ4n) is 1.62. The molecular weight excluding hydrogens is 235 g/mol. The van der Waals surface area contributed by atoms with Crippen LogP contribution in [-0.4, -0.2) is 33.3 Å². The van der Waals surface area contributed by atoms with E-state index in [1.165, 1.54) is 0 Å². The monoisotopic (exact) mass is 254 g/mol. The molecule has 0 saturated carbocycles. The maximum atomic E-state index is 5.96. The summed E-state index contributed by atoms with van der Waals surface area (Å²) in [7, 11) is -0.314. The van der Waals surface area contributed by atoms with E-state index in [2.05, 4.69) is 39.7 Å². The van der Waals surface area contributed by atoms with Crippen molar-refractivity contribution in [1.29, 1.82) is 0 Å². The molecule has 0 radical (unpaired) electrons. The van der Waals surface area contributed by atoms with Gasteiger partial charge in [-0.15, -0.1) is 0 Å². The summed E-state index contributed by atoms with van der Waals surface area (Å²) < 4.78 is 13.8. The molecule has 1 aromatic heterocycles. The van der Waals surface area contributed by atoms with E-state index in [4.69, 9.17) is 9.31 Å². The Balaban J connectivity index is 2.14. The molecule has 0 unspecified atom stereocenters. The van der Waals surface area contributed by atoms with Crippen LogP contribution in [-0.2, 0) is 9.31 Å². The lowest BCUT2D eigenvalue weighted by Gasteiger charge is -2.32. The molecule has 1 saturated heterocycles. The van der Waals surface area contributed by atoms with Gasteiger partial charge in [-0.05, 0) is 39.6 Å². The van der Waals surface area contributed by atoms with Gasteiger partial charge in [0.25, 0.3) is 0 Å². The highest BCUT2D eigenvalue weighted by Crippen LogP contribution is 2.36. The first-order valence-electron chi connectivity index (χ1n) is 5.89. The van der Waals surface area contributed by atoms with Gasteiger partial charge in [0.1, 0.15) is 0 Å². The largest absolute Gasteiger partial charge is 0.498 e. The molecule has 1 aliphatic rings. The van der Waals surface area contributed by atoms with Crippen LogP contribution >= 0.6 is 11.9 Å². The van der Waals surface area contributed by atoms with E-state index >= 15 is 0 Å². The van der Waals surface area contributed by atoms with Gasteiger partial charge in [-0.2, -0.15) is 5.10 Å². The summed E-state index contributed by atoms with van der Waals surface area (Å²) in [6.07, 6.45) is 3.78. The molecule has 0 amide bonds. The van der Waals surface area contributed by atoms with Crippen LogP contribution in [0.4, 0.5) is 0 Å². The van der Waals surface area contributed by atoms with Crippen LogP contribution in [0.2, 0.25) is 0 Å². The molecule has 4 nitrogen and oxygen atoms in total. The summed E-state index contributed by atoms with van der Waals surface area (Å²) in [6, 6.07) is 0. The van der Waals surface area contributed by atoms with Crippen LogP contribution in [0.5, 0.6) is 0 Å². The van der Waals surface area contributed by atoms with Crippen molar-refractivity contribution in [3.05, 3.63) is 12.4 Å². The van der Waals surface area contributed by atoms with E-state index in [1.54, 1.807) is 11.9 Å². The zero-order chi connectivity index (χ0) is 12.7. The molecule has 1 aromatic rings. The smallest absolute Gasteiger partial charge is 0.399 e. The van der Waals surface area contributed by atoms with Gasteiger partial charge in [0.2, 0.25) is 0 Å². The van der Waals surface area contributed by atoms with Crippen LogP contribution in [0.1, 0.15) is 34.6 Å². The quantitative estimate of drug-likeness (QED) is 0.769. The van der Waals surface area contributed by atoms with Gasteiger partial charge >= 0.3 is 7.12 Å². The molecule has 2 heterocycles. The van der Waals surface area contributed by atoms with Gasteiger partial charge in [-0.1, -0.05) is 6.92 Å². The van der Waals surface area contributed by atoms with Gasteiger partial charge in [0.15, 0.2) is 0 Å². The van der Waals surface area contributed by atoms with Crippen molar-refractivity contribution in [2.45, 2.75) is 45.8 Å². The van der Waals surface area contributed by atoms with E-state index in [-0.39, 0.29) is 18.3 Å². The average molecular weight is 254 g/mol. The van der Waals surface area contributed by atoms with E-state index in [9.17, 15) is 0 Å². The van der Waals surface area contributed by atoms with Crippen LogP contribution in [0.3, 0.4) is 0 Å². The number of aromatic nitrogens is 2. The van der Waals surface area contributed by atoms with Gasteiger partial charge in [0, 0.05) is 23.6 Å². The third-order valence-electron chi connectivity index (χ3n) is 3.37. The summed E-state index contributed by atoms with van der Waals surface area (Å²) in [5, 5.41) is 4.27. The molecular formula is C11H19BN2O2S. The third kappa shape index (κ3) is 2.39. The van der Waals surface area contributed by atoms with Crippen molar-refractivity contribution in [3.63, 3.8) is 0 Å². The molecule has 1 fully saturated rings. The Labute approximate surface area is 107 Å². The number of nitrogens with zero attached hydrogens (tertiary/aromatic N) is 2. The van der Waals surface area contributed by atoms with Crippen molar-refractivity contribution in [3.8, 4) is 0 Å². The molecule has 0 bridgehead atoms. The summed E-state index contributed by atoms with van der Waals surface area (Å²) in [6.45, 7) is 10.3. The van der Waals surface area contributed by atoms with Crippen LogP contribution in [0.25, 0.3) is 0 Å². The maximum Gasteiger partial charge on any atom is 0.498 e. The lowest BCUT2D eigenvalue weighted by Crippen LogP contribution is -2.41. The normalized spacial score (nSPS) is 22.1. The molecule has 17 heavy (non-hydrogen) atoms. The topological polar surface area (TPSA) is 36.3 Å². The lowest BCUT2D eigenvalue weighted by molar-refractivity contribution is 0.00578. The van der Waals surface area contributed by atoms with Crippen molar-refractivity contribution < 1.29 is 9.31 Å². The minimum atomic E-state index is -0.314. The first-order chi connectivity index (χ1) is 7.86. The Kier molecular flexibility index (Phi) is 3.31. The lowest BCUT2D eigenvalue weighted by atomic mass is 9.82. The Bertz CT molecular complexity index is 390. The van der Waals surface area contributed by atoms with Crippen molar-refractivity contribution in [2.24, 2.45) is 0 Å².